The first-order chi connectivity index (χ1) is 8.19. The van der Waals surface area contributed by atoms with Crippen molar-refractivity contribution in [2.75, 3.05) is 0 Å². The molecule has 0 saturated heterocycles. The van der Waals surface area contributed by atoms with E-state index in [9.17, 15) is 0 Å². The highest BCUT2D eigenvalue weighted by Crippen LogP contribution is 2.30. The molecule has 1 aromatic carbocycles. The van der Waals surface area contributed by atoms with Gasteiger partial charge in [-0.25, -0.2) is 4.98 Å². The molecule has 0 fully saturated rings. The number of halogens is 3. The fourth-order valence-corrected chi connectivity index (χ4v) is 1.86. The zero-order valence-electron chi connectivity index (χ0n) is 8.66. The summed E-state index contributed by atoms with van der Waals surface area (Å²) < 4.78 is 5.55. The molecule has 0 saturated carbocycles. The molecule has 2 aromatic rings. The van der Waals surface area contributed by atoms with Crippen LogP contribution in [0, 0.1) is 0 Å². The zero-order chi connectivity index (χ0) is 12.3. The molecule has 1 heterocycles. The quantitative estimate of drug-likeness (QED) is 0.748. The molecular weight excluding hydrogens is 280 g/mol. The fourth-order valence-electron chi connectivity index (χ4n) is 1.26. The van der Waals surface area contributed by atoms with Gasteiger partial charge in [0.15, 0.2) is 0 Å². The molecule has 0 amide bonds. The number of benzene rings is 1. The minimum absolute atomic E-state index is 0.339. The van der Waals surface area contributed by atoms with Crippen LogP contribution in [0.3, 0.4) is 0 Å². The van der Waals surface area contributed by atoms with Gasteiger partial charge in [0.2, 0.25) is 5.88 Å². The summed E-state index contributed by atoms with van der Waals surface area (Å²) in [6, 6.07) is 10.4. The molecule has 0 aliphatic carbocycles. The summed E-state index contributed by atoms with van der Waals surface area (Å²) in [6.45, 7) is 0. The molecule has 0 unspecified atom stereocenters. The van der Waals surface area contributed by atoms with E-state index < -0.39 is 0 Å². The van der Waals surface area contributed by atoms with Gasteiger partial charge >= 0.3 is 0 Å². The van der Waals surface area contributed by atoms with Crippen LogP contribution in [0.5, 0.6) is 11.6 Å². The third-order valence-corrected chi connectivity index (χ3v) is 2.83. The van der Waals surface area contributed by atoms with E-state index in [2.05, 4.69) is 4.98 Å². The van der Waals surface area contributed by atoms with Gasteiger partial charge in [-0.1, -0.05) is 29.3 Å². The minimum Gasteiger partial charge on any atom is -0.437 e. The van der Waals surface area contributed by atoms with Gasteiger partial charge in [-0.3, -0.25) is 0 Å². The molecule has 0 aliphatic heterocycles. The van der Waals surface area contributed by atoms with Gasteiger partial charge in [-0.05, 0) is 24.3 Å². The number of alkyl halides is 1. The second kappa shape index (κ2) is 5.58. The highest BCUT2D eigenvalue weighted by atomic mass is 35.5. The van der Waals surface area contributed by atoms with Gasteiger partial charge in [0.05, 0.1) is 16.6 Å². The van der Waals surface area contributed by atoms with Crippen molar-refractivity contribution in [1.82, 2.24) is 4.98 Å². The van der Waals surface area contributed by atoms with Crippen molar-refractivity contribution in [3.8, 4) is 11.6 Å². The first-order valence-electron chi connectivity index (χ1n) is 4.84. The molecular formula is C12H8Cl3NO. The Morgan fingerprint density at radius 3 is 2.65 bits per heavy atom. The van der Waals surface area contributed by atoms with Crippen molar-refractivity contribution in [2.45, 2.75) is 5.88 Å². The lowest BCUT2D eigenvalue weighted by Crippen LogP contribution is -1.91. The third kappa shape index (κ3) is 3.25. The molecule has 0 atom stereocenters. The van der Waals surface area contributed by atoms with Crippen molar-refractivity contribution in [3.63, 3.8) is 0 Å². The molecule has 5 heteroatoms. The summed E-state index contributed by atoms with van der Waals surface area (Å²) in [6.07, 6.45) is 0. The average molecular weight is 289 g/mol. The minimum atomic E-state index is 0.339. The van der Waals surface area contributed by atoms with E-state index in [1.165, 1.54) is 0 Å². The van der Waals surface area contributed by atoms with E-state index in [0.29, 0.717) is 27.6 Å². The van der Waals surface area contributed by atoms with Crippen molar-refractivity contribution >= 4 is 34.8 Å². The smallest absolute Gasteiger partial charge is 0.219 e. The zero-order valence-corrected chi connectivity index (χ0v) is 10.9. The molecule has 1 aromatic heterocycles. The maximum atomic E-state index is 5.99. The molecule has 0 radical (unpaired) electrons. The van der Waals surface area contributed by atoms with E-state index in [1.54, 1.807) is 24.3 Å². The predicted octanol–water partition coefficient (Wildman–Crippen LogP) is 4.92. The molecule has 88 valence electrons. The number of aromatic nitrogens is 1. The van der Waals surface area contributed by atoms with E-state index >= 15 is 0 Å². The summed E-state index contributed by atoms with van der Waals surface area (Å²) in [5.74, 6) is 1.30. The lowest BCUT2D eigenvalue weighted by molar-refractivity contribution is 0.462. The highest BCUT2D eigenvalue weighted by Gasteiger charge is 2.05. The summed E-state index contributed by atoms with van der Waals surface area (Å²) >= 11 is 17.5. The SMILES string of the molecule is ClCc1cccc(Oc2ccc(Cl)cc2Cl)n1. The Hall–Kier alpha value is -0.960. The molecule has 17 heavy (non-hydrogen) atoms. The van der Waals surface area contributed by atoms with Crippen molar-refractivity contribution in [3.05, 3.63) is 52.1 Å². The number of pyridine rings is 1. The van der Waals surface area contributed by atoms with Crippen LogP contribution in [-0.2, 0) is 5.88 Å². The van der Waals surface area contributed by atoms with Crippen LogP contribution in [0.1, 0.15) is 5.69 Å². The Kier molecular flexibility index (Phi) is 4.11. The molecule has 2 rings (SSSR count). The third-order valence-electron chi connectivity index (χ3n) is 2.03. The Balaban J connectivity index is 2.25. The van der Waals surface area contributed by atoms with Gasteiger partial charge < -0.3 is 4.74 Å². The maximum Gasteiger partial charge on any atom is 0.219 e. The van der Waals surface area contributed by atoms with Gasteiger partial charge in [-0.15, -0.1) is 11.6 Å². The molecule has 0 bridgehead atoms. The second-order valence-electron chi connectivity index (χ2n) is 3.28. The van der Waals surface area contributed by atoms with Crippen LogP contribution in [0.2, 0.25) is 10.0 Å². The number of rotatable bonds is 3. The topological polar surface area (TPSA) is 22.1 Å². The molecule has 0 N–H and O–H groups in total. The van der Waals surface area contributed by atoms with Crippen LogP contribution in [0.15, 0.2) is 36.4 Å². The van der Waals surface area contributed by atoms with Crippen molar-refractivity contribution < 1.29 is 4.74 Å². The Labute approximate surface area is 114 Å². The van der Waals surface area contributed by atoms with Crippen molar-refractivity contribution in [2.24, 2.45) is 0 Å². The number of ether oxygens (including phenoxy) is 1. The Morgan fingerprint density at radius 2 is 1.94 bits per heavy atom. The first-order valence-corrected chi connectivity index (χ1v) is 6.13. The van der Waals surface area contributed by atoms with Crippen molar-refractivity contribution in [1.29, 1.82) is 0 Å². The number of hydrogen-bond acceptors (Lipinski definition) is 2. The summed E-state index contributed by atoms with van der Waals surface area (Å²) in [5.41, 5.74) is 0.745. The Bertz CT molecular complexity index is 531. The lowest BCUT2D eigenvalue weighted by Gasteiger charge is -2.07. The summed E-state index contributed by atoms with van der Waals surface area (Å²) in [4.78, 5) is 4.20. The van der Waals surface area contributed by atoms with Crippen LogP contribution < -0.4 is 4.74 Å². The van der Waals surface area contributed by atoms with Gasteiger partial charge in [0.1, 0.15) is 5.75 Å². The molecule has 0 spiro atoms. The van der Waals surface area contributed by atoms with Crippen LogP contribution in [-0.4, -0.2) is 4.98 Å². The summed E-state index contributed by atoms with van der Waals surface area (Å²) in [7, 11) is 0. The normalized spacial score (nSPS) is 10.3. The number of nitrogens with zero attached hydrogens (tertiary/aromatic N) is 1. The van der Waals surface area contributed by atoms with Crippen LogP contribution in [0.25, 0.3) is 0 Å². The lowest BCUT2D eigenvalue weighted by atomic mass is 10.3. The van der Waals surface area contributed by atoms with Gasteiger partial charge in [0.25, 0.3) is 0 Å². The highest BCUT2D eigenvalue weighted by molar-refractivity contribution is 6.35. The number of hydrogen-bond donors (Lipinski definition) is 0. The maximum absolute atomic E-state index is 5.99. The fraction of sp³-hybridized carbons (Fsp3) is 0.0833. The van der Waals surface area contributed by atoms with E-state index in [1.807, 2.05) is 12.1 Å². The second-order valence-corrected chi connectivity index (χ2v) is 4.39. The average Bonchev–Trinajstić information content (AvgIpc) is 2.33. The van der Waals surface area contributed by atoms with Crippen LogP contribution >= 0.6 is 34.8 Å². The van der Waals surface area contributed by atoms with Gasteiger partial charge in [0, 0.05) is 11.1 Å². The van der Waals surface area contributed by atoms with E-state index in [4.69, 9.17) is 39.5 Å². The Morgan fingerprint density at radius 1 is 1.12 bits per heavy atom. The standard InChI is InChI=1S/C12H8Cl3NO/c13-7-9-2-1-3-12(16-9)17-11-5-4-8(14)6-10(11)15/h1-6H,7H2. The van der Waals surface area contributed by atoms with Gasteiger partial charge in [-0.2, -0.15) is 0 Å². The summed E-state index contributed by atoms with van der Waals surface area (Å²) in [5, 5.41) is 1.00. The van der Waals surface area contributed by atoms with E-state index in [0.717, 1.165) is 5.69 Å². The first kappa shape index (κ1) is 12.5. The van der Waals surface area contributed by atoms with Crippen LogP contribution in [0.4, 0.5) is 0 Å². The van der Waals surface area contributed by atoms with E-state index in [-0.39, 0.29) is 0 Å². The largest absolute Gasteiger partial charge is 0.437 e. The monoisotopic (exact) mass is 287 g/mol. The molecule has 0 aliphatic rings. The molecule has 2 nitrogen and oxygen atoms in total. The predicted molar refractivity (Wildman–Crippen MR) is 70.3 cm³/mol.